The first-order valence-electron chi connectivity index (χ1n) is 7.93. The van der Waals surface area contributed by atoms with Crippen molar-refractivity contribution in [3.8, 4) is 11.1 Å². The van der Waals surface area contributed by atoms with Gasteiger partial charge in [0.15, 0.2) is 0 Å². The molecule has 2 aromatic carbocycles. The van der Waals surface area contributed by atoms with E-state index in [-0.39, 0.29) is 0 Å². The zero-order chi connectivity index (χ0) is 15.5. The SMILES string of the molecule is CCN(CC)c1ccc2[nH]c(CN)c(-c3ccccc3)c2c1. The molecular formula is C19H23N3. The number of aromatic nitrogens is 1. The zero-order valence-corrected chi connectivity index (χ0v) is 13.3. The second-order valence-electron chi connectivity index (χ2n) is 5.45. The Morgan fingerprint density at radius 1 is 1.00 bits per heavy atom. The van der Waals surface area contributed by atoms with Gasteiger partial charge in [-0.3, -0.25) is 0 Å². The molecule has 0 amide bonds. The van der Waals surface area contributed by atoms with Gasteiger partial charge in [0.25, 0.3) is 0 Å². The maximum atomic E-state index is 5.96. The van der Waals surface area contributed by atoms with Crippen LogP contribution in [-0.2, 0) is 6.54 Å². The van der Waals surface area contributed by atoms with Crippen molar-refractivity contribution in [3.63, 3.8) is 0 Å². The lowest BCUT2D eigenvalue weighted by Crippen LogP contribution is -2.21. The molecule has 22 heavy (non-hydrogen) atoms. The Balaban J connectivity index is 2.22. The van der Waals surface area contributed by atoms with Crippen LogP contribution in [0.15, 0.2) is 48.5 Å². The van der Waals surface area contributed by atoms with Gasteiger partial charge in [0.2, 0.25) is 0 Å². The van der Waals surface area contributed by atoms with E-state index in [1.807, 2.05) is 6.07 Å². The topological polar surface area (TPSA) is 45.0 Å². The van der Waals surface area contributed by atoms with Crippen LogP contribution in [-0.4, -0.2) is 18.1 Å². The standard InChI is InChI=1S/C19H23N3/c1-3-22(4-2)15-10-11-17-16(12-15)19(18(13-20)21-17)14-8-6-5-7-9-14/h5-12,21H,3-4,13,20H2,1-2H3. The molecule has 3 aromatic rings. The summed E-state index contributed by atoms with van der Waals surface area (Å²) in [4.78, 5) is 5.84. The Morgan fingerprint density at radius 2 is 1.73 bits per heavy atom. The lowest BCUT2D eigenvalue weighted by molar-refractivity contribution is 0.867. The summed E-state index contributed by atoms with van der Waals surface area (Å²) in [5, 5.41) is 1.25. The summed E-state index contributed by atoms with van der Waals surface area (Å²) in [5.74, 6) is 0. The van der Waals surface area contributed by atoms with Gasteiger partial charge in [0, 0.05) is 47.5 Å². The number of nitrogens with one attached hydrogen (secondary N) is 1. The molecule has 0 spiro atoms. The van der Waals surface area contributed by atoms with Gasteiger partial charge >= 0.3 is 0 Å². The third-order valence-electron chi connectivity index (χ3n) is 4.26. The number of nitrogens with two attached hydrogens (primary N) is 1. The molecule has 0 aliphatic carbocycles. The fraction of sp³-hybridized carbons (Fsp3) is 0.263. The normalized spacial score (nSPS) is 11.0. The molecule has 0 fully saturated rings. The van der Waals surface area contributed by atoms with Gasteiger partial charge < -0.3 is 15.6 Å². The quantitative estimate of drug-likeness (QED) is 0.742. The van der Waals surface area contributed by atoms with Crippen molar-refractivity contribution < 1.29 is 0 Å². The van der Waals surface area contributed by atoms with Crippen LogP contribution in [0.1, 0.15) is 19.5 Å². The molecule has 0 saturated heterocycles. The van der Waals surface area contributed by atoms with Crippen molar-refractivity contribution in [2.75, 3.05) is 18.0 Å². The molecule has 0 unspecified atom stereocenters. The van der Waals surface area contributed by atoms with E-state index < -0.39 is 0 Å². The number of aromatic amines is 1. The molecule has 0 bridgehead atoms. The highest BCUT2D eigenvalue weighted by Crippen LogP contribution is 2.34. The smallest absolute Gasteiger partial charge is 0.0464 e. The predicted octanol–water partition coefficient (Wildman–Crippen LogP) is 4.14. The van der Waals surface area contributed by atoms with E-state index in [1.54, 1.807) is 0 Å². The summed E-state index contributed by atoms with van der Waals surface area (Å²) in [5.41, 5.74) is 11.9. The molecular weight excluding hydrogens is 270 g/mol. The first-order chi connectivity index (χ1) is 10.8. The maximum Gasteiger partial charge on any atom is 0.0464 e. The van der Waals surface area contributed by atoms with Gasteiger partial charge in [-0.15, -0.1) is 0 Å². The fourth-order valence-electron chi connectivity index (χ4n) is 3.11. The largest absolute Gasteiger partial charge is 0.372 e. The highest BCUT2D eigenvalue weighted by Gasteiger charge is 2.13. The number of fused-ring (bicyclic) bond motifs is 1. The molecule has 114 valence electrons. The third kappa shape index (κ3) is 2.48. The second kappa shape index (κ2) is 6.24. The predicted molar refractivity (Wildman–Crippen MR) is 95.2 cm³/mol. The molecule has 0 aliphatic rings. The Morgan fingerprint density at radius 3 is 2.36 bits per heavy atom. The molecule has 3 heteroatoms. The lowest BCUT2D eigenvalue weighted by Gasteiger charge is -2.21. The number of hydrogen-bond donors (Lipinski definition) is 2. The molecule has 1 heterocycles. The van der Waals surface area contributed by atoms with Crippen LogP contribution in [0.5, 0.6) is 0 Å². The molecule has 3 N–H and O–H groups in total. The minimum absolute atomic E-state index is 0.513. The first-order valence-corrected chi connectivity index (χ1v) is 7.93. The summed E-state index contributed by atoms with van der Waals surface area (Å²) in [6.07, 6.45) is 0. The fourth-order valence-corrected chi connectivity index (χ4v) is 3.11. The van der Waals surface area contributed by atoms with Crippen LogP contribution < -0.4 is 10.6 Å². The average molecular weight is 293 g/mol. The van der Waals surface area contributed by atoms with Crippen molar-refractivity contribution >= 4 is 16.6 Å². The lowest BCUT2D eigenvalue weighted by atomic mass is 10.0. The van der Waals surface area contributed by atoms with Crippen LogP contribution in [0, 0.1) is 0 Å². The minimum atomic E-state index is 0.513. The number of rotatable bonds is 5. The van der Waals surface area contributed by atoms with Gasteiger partial charge in [0.05, 0.1) is 0 Å². The molecule has 0 saturated carbocycles. The van der Waals surface area contributed by atoms with Crippen LogP contribution in [0.2, 0.25) is 0 Å². The second-order valence-corrected chi connectivity index (χ2v) is 5.45. The van der Waals surface area contributed by atoms with Crippen molar-refractivity contribution in [2.45, 2.75) is 20.4 Å². The van der Waals surface area contributed by atoms with Crippen molar-refractivity contribution in [1.82, 2.24) is 4.98 Å². The van der Waals surface area contributed by atoms with Crippen LogP contribution >= 0.6 is 0 Å². The van der Waals surface area contributed by atoms with E-state index >= 15 is 0 Å². The first kappa shape index (κ1) is 14.7. The third-order valence-corrected chi connectivity index (χ3v) is 4.26. The number of benzene rings is 2. The van der Waals surface area contributed by atoms with E-state index in [0.29, 0.717) is 6.54 Å². The van der Waals surface area contributed by atoms with Crippen molar-refractivity contribution in [3.05, 3.63) is 54.2 Å². The van der Waals surface area contributed by atoms with Crippen LogP contribution in [0.3, 0.4) is 0 Å². The summed E-state index contributed by atoms with van der Waals surface area (Å²) < 4.78 is 0. The zero-order valence-electron chi connectivity index (χ0n) is 13.3. The van der Waals surface area contributed by atoms with Gasteiger partial charge in [-0.1, -0.05) is 30.3 Å². The monoisotopic (exact) mass is 293 g/mol. The molecule has 0 aliphatic heterocycles. The minimum Gasteiger partial charge on any atom is -0.372 e. The molecule has 3 rings (SSSR count). The van der Waals surface area contributed by atoms with Gasteiger partial charge in [-0.25, -0.2) is 0 Å². The number of hydrogen-bond acceptors (Lipinski definition) is 2. The highest BCUT2D eigenvalue weighted by atomic mass is 15.1. The summed E-state index contributed by atoms with van der Waals surface area (Å²) in [7, 11) is 0. The Hall–Kier alpha value is -2.26. The number of H-pyrrole nitrogens is 1. The van der Waals surface area contributed by atoms with Crippen molar-refractivity contribution in [1.29, 1.82) is 0 Å². The van der Waals surface area contributed by atoms with Crippen LogP contribution in [0.4, 0.5) is 5.69 Å². The molecule has 3 nitrogen and oxygen atoms in total. The van der Waals surface area contributed by atoms with Gasteiger partial charge in [-0.05, 0) is 37.6 Å². The highest BCUT2D eigenvalue weighted by molar-refractivity contribution is 5.99. The Kier molecular flexibility index (Phi) is 4.16. The molecule has 0 atom stereocenters. The number of anilines is 1. The van der Waals surface area contributed by atoms with Crippen LogP contribution in [0.25, 0.3) is 22.0 Å². The Labute approximate surface area is 131 Å². The summed E-state index contributed by atoms with van der Waals surface area (Å²) in [6.45, 7) is 6.91. The maximum absolute atomic E-state index is 5.96. The van der Waals surface area contributed by atoms with Gasteiger partial charge in [0.1, 0.15) is 0 Å². The van der Waals surface area contributed by atoms with E-state index in [2.05, 4.69) is 66.2 Å². The van der Waals surface area contributed by atoms with E-state index in [1.165, 1.54) is 22.2 Å². The average Bonchev–Trinajstić information content (AvgIpc) is 2.94. The Bertz CT molecular complexity index is 755. The summed E-state index contributed by atoms with van der Waals surface area (Å²) >= 11 is 0. The van der Waals surface area contributed by atoms with E-state index in [9.17, 15) is 0 Å². The molecule has 0 radical (unpaired) electrons. The van der Waals surface area contributed by atoms with Gasteiger partial charge in [-0.2, -0.15) is 0 Å². The summed E-state index contributed by atoms with van der Waals surface area (Å²) in [6, 6.07) is 17.1. The van der Waals surface area contributed by atoms with Crippen molar-refractivity contribution in [2.24, 2.45) is 5.73 Å². The van der Waals surface area contributed by atoms with E-state index in [4.69, 9.17) is 5.73 Å². The molecule has 1 aromatic heterocycles. The van der Waals surface area contributed by atoms with E-state index in [0.717, 1.165) is 24.3 Å². The number of nitrogens with zero attached hydrogens (tertiary/aromatic N) is 1.